The highest BCUT2D eigenvalue weighted by molar-refractivity contribution is 5.99. The summed E-state index contributed by atoms with van der Waals surface area (Å²) in [7, 11) is 0. The first-order valence-corrected chi connectivity index (χ1v) is 9.21. The summed E-state index contributed by atoms with van der Waals surface area (Å²) in [5.74, 6) is -0.123. The van der Waals surface area contributed by atoms with Crippen molar-refractivity contribution in [1.29, 1.82) is 0 Å². The summed E-state index contributed by atoms with van der Waals surface area (Å²) in [5.41, 5.74) is 2.11. The van der Waals surface area contributed by atoms with Gasteiger partial charge in [-0.25, -0.2) is 9.97 Å². The Kier molecular flexibility index (Phi) is 6.51. The van der Waals surface area contributed by atoms with Crippen LogP contribution in [0.3, 0.4) is 0 Å². The minimum atomic E-state index is -0.123. The lowest BCUT2D eigenvalue weighted by Crippen LogP contribution is -2.37. The summed E-state index contributed by atoms with van der Waals surface area (Å²) in [6.07, 6.45) is 10.9. The van der Waals surface area contributed by atoms with Crippen LogP contribution in [0, 0.1) is 0 Å². The van der Waals surface area contributed by atoms with Crippen LogP contribution in [0.2, 0.25) is 0 Å². The normalized spacial score (nSPS) is 15.5. The molecule has 1 aromatic heterocycles. The SMILES string of the molecule is O=C(NCCNC1CCCCCC1)c1cncnc1-c1ccccc1. The van der Waals surface area contributed by atoms with Gasteiger partial charge in [0.1, 0.15) is 6.33 Å². The van der Waals surface area contributed by atoms with Gasteiger partial charge in [0, 0.05) is 30.9 Å². The number of rotatable bonds is 6. The third kappa shape index (κ3) is 5.10. The second-order valence-electron chi connectivity index (χ2n) is 6.55. The molecule has 0 spiro atoms. The number of amides is 1. The maximum atomic E-state index is 12.5. The van der Waals surface area contributed by atoms with Crippen LogP contribution in [-0.4, -0.2) is 35.0 Å². The van der Waals surface area contributed by atoms with Gasteiger partial charge < -0.3 is 10.6 Å². The highest BCUT2D eigenvalue weighted by Gasteiger charge is 2.15. The number of carbonyl (C=O) groups is 1. The van der Waals surface area contributed by atoms with Crippen molar-refractivity contribution in [3.8, 4) is 11.3 Å². The molecule has 0 atom stereocenters. The molecule has 0 unspecified atom stereocenters. The lowest BCUT2D eigenvalue weighted by molar-refractivity contribution is 0.0953. The van der Waals surface area contributed by atoms with E-state index in [-0.39, 0.29) is 5.91 Å². The number of carbonyl (C=O) groups excluding carboxylic acids is 1. The zero-order valence-electron chi connectivity index (χ0n) is 14.6. The molecule has 0 radical (unpaired) electrons. The predicted octanol–water partition coefficient (Wildman–Crippen LogP) is 3.19. The molecule has 1 saturated carbocycles. The topological polar surface area (TPSA) is 66.9 Å². The van der Waals surface area contributed by atoms with Crippen LogP contribution < -0.4 is 10.6 Å². The van der Waals surface area contributed by atoms with Crippen molar-refractivity contribution in [3.63, 3.8) is 0 Å². The molecule has 132 valence electrons. The molecule has 1 aromatic carbocycles. The molecule has 2 aromatic rings. The smallest absolute Gasteiger partial charge is 0.255 e. The maximum Gasteiger partial charge on any atom is 0.255 e. The molecule has 3 rings (SSSR count). The van der Waals surface area contributed by atoms with E-state index >= 15 is 0 Å². The van der Waals surface area contributed by atoms with Crippen LogP contribution in [0.15, 0.2) is 42.9 Å². The van der Waals surface area contributed by atoms with E-state index < -0.39 is 0 Å². The minimum Gasteiger partial charge on any atom is -0.351 e. The Bertz CT molecular complexity index is 666. The zero-order chi connectivity index (χ0) is 17.3. The van der Waals surface area contributed by atoms with Gasteiger partial charge in [-0.2, -0.15) is 0 Å². The summed E-state index contributed by atoms with van der Waals surface area (Å²) in [6.45, 7) is 1.41. The maximum absolute atomic E-state index is 12.5. The van der Waals surface area contributed by atoms with Gasteiger partial charge in [0.2, 0.25) is 0 Å². The van der Waals surface area contributed by atoms with Crippen molar-refractivity contribution in [2.75, 3.05) is 13.1 Å². The van der Waals surface area contributed by atoms with Gasteiger partial charge in [-0.1, -0.05) is 56.0 Å². The lowest BCUT2D eigenvalue weighted by Gasteiger charge is -2.16. The van der Waals surface area contributed by atoms with Gasteiger partial charge in [0.15, 0.2) is 0 Å². The second-order valence-corrected chi connectivity index (χ2v) is 6.55. The first-order valence-electron chi connectivity index (χ1n) is 9.21. The van der Waals surface area contributed by atoms with Crippen molar-refractivity contribution in [2.45, 2.75) is 44.6 Å². The predicted molar refractivity (Wildman–Crippen MR) is 99.3 cm³/mol. The Morgan fingerprint density at radius 1 is 1.04 bits per heavy atom. The Morgan fingerprint density at radius 2 is 1.80 bits per heavy atom. The molecule has 0 saturated heterocycles. The van der Waals surface area contributed by atoms with Crippen LogP contribution in [0.1, 0.15) is 48.9 Å². The summed E-state index contributed by atoms with van der Waals surface area (Å²) >= 11 is 0. The van der Waals surface area contributed by atoms with Crippen molar-refractivity contribution in [2.24, 2.45) is 0 Å². The quantitative estimate of drug-likeness (QED) is 0.627. The molecule has 1 heterocycles. The fourth-order valence-corrected chi connectivity index (χ4v) is 3.35. The zero-order valence-corrected chi connectivity index (χ0v) is 14.6. The van der Waals surface area contributed by atoms with E-state index in [4.69, 9.17) is 0 Å². The number of aromatic nitrogens is 2. The van der Waals surface area contributed by atoms with Crippen LogP contribution in [-0.2, 0) is 0 Å². The third-order valence-corrected chi connectivity index (χ3v) is 4.70. The summed E-state index contributed by atoms with van der Waals surface area (Å²) in [6, 6.07) is 10.3. The Labute approximate surface area is 149 Å². The average molecular weight is 338 g/mol. The van der Waals surface area contributed by atoms with Gasteiger partial charge in [-0.15, -0.1) is 0 Å². The average Bonchev–Trinajstić information content (AvgIpc) is 2.94. The van der Waals surface area contributed by atoms with Gasteiger partial charge in [0.05, 0.1) is 11.3 Å². The van der Waals surface area contributed by atoms with Crippen molar-refractivity contribution < 1.29 is 4.79 Å². The largest absolute Gasteiger partial charge is 0.351 e. The molecule has 1 aliphatic rings. The number of nitrogens with one attached hydrogen (secondary N) is 2. The Balaban J connectivity index is 1.53. The first kappa shape index (κ1) is 17.5. The van der Waals surface area contributed by atoms with Gasteiger partial charge in [-0.3, -0.25) is 4.79 Å². The van der Waals surface area contributed by atoms with E-state index in [0.29, 0.717) is 23.8 Å². The fourth-order valence-electron chi connectivity index (χ4n) is 3.35. The summed E-state index contributed by atoms with van der Waals surface area (Å²) < 4.78 is 0. The van der Waals surface area contributed by atoms with E-state index in [1.807, 2.05) is 30.3 Å². The van der Waals surface area contributed by atoms with E-state index in [9.17, 15) is 4.79 Å². The Hall–Kier alpha value is -2.27. The van der Waals surface area contributed by atoms with E-state index in [2.05, 4.69) is 20.6 Å². The fraction of sp³-hybridized carbons (Fsp3) is 0.450. The minimum absolute atomic E-state index is 0.123. The number of nitrogens with zero attached hydrogens (tertiary/aromatic N) is 2. The number of hydrogen-bond donors (Lipinski definition) is 2. The molecule has 1 amide bonds. The van der Waals surface area contributed by atoms with E-state index in [1.54, 1.807) is 6.20 Å². The van der Waals surface area contributed by atoms with Crippen molar-refractivity contribution in [1.82, 2.24) is 20.6 Å². The van der Waals surface area contributed by atoms with Crippen molar-refractivity contribution in [3.05, 3.63) is 48.4 Å². The number of benzene rings is 1. The summed E-state index contributed by atoms with van der Waals surface area (Å²) in [5, 5.41) is 6.55. The van der Waals surface area contributed by atoms with Crippen LogP contribution in [0.25, 0.3) is 11.3 Å². The molecule has 0 aliphatic heterocycles. The van der Waals surface area contributed by atoms with Crippen LogP contribution in [0.5, 0.6) is 0 Å². The van der Waals surface area contributed by atoms with Crippen LogP contribution >= 0.6 is 0 Å². The van der Waals surface area contributed by atoms with Gasteiger partial charge in [0.25, 0.3) is 5.91 Å². The molecular weight excluding hydrogens is 312 g/mol. The van der Waals surface area contributed by atoms with E-state index in [1.165, 1.54) is 44.9 Å². The van der Waals surface area contributed by atoms with Crippen molar-refractivity contribution >= 4 is 5.91 Å². The second kappa shape index (κ2) is 9.28. The van der Waals surface area contributed by atoms with Crippen LogP contribution in [0.4, 0.5) is 0 Å². The standard InChI is InChI=1S/C20H26N4O/c25-20(23-13-12-22-17-10-6-1-2-7-11-17)18-14-21-15-24-19(18)16-8-4-3-5-9-16/h3-5,8-9,14-15,17,22H,1-2,6-7,10-13H2,(H,23,25). The van der Waals surface area contributed by atoms with Gasteiger partial charge >= 0.3 is 0 Å². The molecular formula is C20H26N4O. The molecule has 1 fully saturated rings. The van der Waals surface area contributed by atoms with E-state index in [0.717, 1.165) is 12.1 Å². The molecule has 2 N–H and O–H groups in total. The highest BCUT2D eigenvalue weighted by atomic mass is 16.1. The molecule has 25 heavy (non-hydrogen) atoms. The third-order valence-electron chi connectivity index (χ3n) is 4.70. The number of hydrogen-bond acceptors (Lipinski definition) is 4. The Morgan fingerprint density at radius 3 is 2.56 bits per heavy atom. The molecule has 1 aliphatic carbocycles. The first-order chi connectivity index (χ1) is 12.3. The monoisotopic (exact) mass is 338 g/mol. The molecule has 0 bridgehead atoms. The summed E-state index contributed by atoms with van der Waals surface area (Å²) in [4.78, 5) is 20.8. The molecule has 5 heteroatoms. The van der Waals surface area contributed by atoms with Gasteiger partial charge in [-0.05, 0) is 12.8 Å². The highest BCUT2D eigenvalue weighted by Crippen LogP contribution is 2.20. The lowest BCUT2D eigenvalue weighted by atomic mass is 10.1. The molecule has 5 nitrogen and oxygen atoms in total.